The van der Waals surface area contributed by atoms with Crippen molar-refractivity contribution in [3.8, 4) is 6.07 Å². The molecule has 1 amide bonds. The molecule has 0 spiro atoms. The third kappa shape index (κ3) is 3.61. The standard InChI is InChI=1S/C16H20N4O3.ClH/c17-6-14-2-1-3-20(14)15(22)7-18-13-4-11-8-19(16(23)10-21)9-12(11)5-13;/h1-3,11-13,18,21H,4-5,7-10H2;1H/t11-,12+,13?;. The second-order valence-corrected chi connectivity index (χ2v) is 6.30. The zero-order valence-corrected chi connectivity index (χ0v) is 14.0. The van der Waals surface area contributed by atoms with Crippen LogP contribution >= 0.6 is 12.4 Å². The summed E-state index contributed by atoms with van der Waals surface area (Å²) in [4.78, 5) is 25.4. The Kier molecular flexibility index (Phi) is 5.99. The number of fused-ring (bicyclic) bond motifs is 1. The van der Waals surface area contributed by atoms with Gasteiger partial charge in [0.05, 0.1) is 6.54 Å². The van der Waals surface area contributed by atoms with Gasteiger partial charge in [-0.15, -0.1) is 12.4 Å². The van der Waals surface area contributed by atoms with Gasteiger partial charge in [-0.3, -0.25) is 14.2 Å². The van der Waals surface area contributed by atoms with Crippen LogP contribution in [0.1, 0.15) is 23.3 Å². The molecule has 2 N–H and O–H groups in total. The van der Waals surface area contributed by atoms with E-state index in [9.17, 15) is 9.59 Å². The van der Waals surface area contributed by atoms with E-state index in [2.05, 4.69) is 5.32 Å². The van der Waals surface area contributed by atoms with Crippen LogP contribution in [-0.2, 0) is 4.79 Å². The van der Waals surface area contributed by atoms with Crippen LogP contribution in [0.3, 0.4) is 0 Å². The lowest BCUT2D eigenvalue weighted by molar-refractivity contribution is -0.133. The third-order valence-electron chi connectivity index (χ3n) is 4.91. The van der Waals surface area contributed by atoms with Gasteiger partial charge in [0, 0.05) is 25.3 Å². The van der Waals surface area contributed by atoms with Gasteiger partial charge in [-0.2, -0.15) is 5.26 Å². The largest absolute Gasteiger partial charge is 0.387 e. The number of nitrogens with zero attached hydrogens (tertiary/aromatic N) is 3. The number of aliphatic hydroxyl groups is 1. The van der Waals surface area contributed by atoms with Crippen LogP contribution < -0.4 is 5.32 Å². The summed E-state index contributed by atoms with van der Waals surface area (Å²) in [5.74, 6) is 0.551. The number of hydrogen-bond acceptors (Lipinski definition) is 5. The van der Waals surface area contributed by atoms with Gasteiger partial charge < -0.3 is 15.3 Å². The molecule has 0 radical (unpaired) electrons. The van der Waals surface area contributed by atoms with E-state index in [1.54, 1.807) is 23.2 Å². The lowest BCUT2D eigenvalue weighted by atomic mass is 10.0. The molecular weight excluding hydrogens is 332 g/mol. The molecule has 2 aliphatic rings. The fourth-order valence-corrected chi connectivity index (χ4v) is 3.78. The number of likely N-dealkylation sites (tertiary alicyclic amines) is 1. The van der Waals surface area contributed by atoms with Crippen molar-refractivity contribution in [1.82, 2.24) is 14.8 Å². The summed E-state index contributed by atoms with van der Waals surface area (Å²) < 4.78 is 1.37. The monoisotopic (exact) mass is 352 g/mol. The van der Waals surface area contributed by atoms with Gasteiger partial charge in [0.2, 0.25) is 11.8 Å². The lowest BCUT2D eigenvalue weighted by Gasteiger charge is -2.19. The molecule has 1 aromatic heterocycles. The number of halogens is 1. The molecule has 7 nitrogen and oxygen atoms in total. The van der Waals surface area contributed by atoms with Gasteiger partial charge in [-0.05, 0) is 36.8 Å². The fourth-order valence-electron chi connectivity index (χ4n) is 3.78. The van der Waals surface area contributed by atoms with Crippen molar-refractivity contribution in [3.63, 3.8) is 0 Å². The molecule has 2 fully saturated rings. The molecule has 24 heavy (non-hydrogen) atoms. The summed E-state index contributed by atoms with van der Waals surface area (Å²) in [6, 6.07) is 5.56. The van der Waals surface area contributed by atoms with Crippen molar-refractivity contribution in [2.24, 2.45) is 11.8 Å². The first-order valence-corrected chi connectivity index (χ1v) is 7.85. The number of aromatic nitrogens is 1. The number of amides is 1. The van der Waals surface area contributed by atoms with Crippen LogP contribution in [0.15, 0.2) is 18.3 Å². The molecule has 8 heteroatoms. The Hall–Kier alpha value is -1.88. The minimum absolute atomic E-state index is 0. The molecule has 1 saturated carbocycles. The molecule has 0 aromatic carbocycles. The van der Waals surface area contributed by atoms with Gasteiger partial charge in [0.25, 0.3) is 0 Å². The highest BCUT2D eigenvalue weighted by Crippen LogP contribution is 2.38. The van der Waals surface area contributed by atoms with E-state index in [1.165, 1.54) is 4.57 Å². The molecule has 1 aliphatic heterocycles. The van der Waals surface area contributed by atoms with E-state index < -0.39 is 6.61 Å². The quantitative estimate of drug-likeness (QED) is 0.809. The molecule has 130 valence electrons. The Bertz CT molecular complexity index is 640. The minimum atomic E-state index is -0.423. The second kappa shape index (κ2) is 7.79. The van der Waals surface area contributed by atoms with Gasteiger partial charge in [-0.25, -0.2) is 0 Å². The second-order valence-electron chi connectivity index (χ2n) is 6.30. The highest BCUT2D eigenvalue weighted by Gasteiger charge is 2.42. The van der Waals surface area contributed by atoms with Gasteiger partial charge in [0.1, 0.15) is 18.4 Å². The fraction of sp³-hybridized carbons (Fsp3) is 0.562. The number of nitrogens with one attached hydrogen (secondary N) is 1. The molecule has 1 aromatic rings. The Morgan fingerprint density at radius 2 is 1.96 bits per heavy atom. The van der Waals surface area contributed by atoms with Crippen molar-refractivity contribution in [1.29, 1.82) is 5.26 Å². The van der Waals surface area contributed by atoms with Crippen LogP contribution in [0.4, 0.5) is 0 Å². The topological polar surface area (TPSA) is 98.4 Å². The summed E-state index contributed by atoms with van der Waals surface area (Å²) in [5.41, 5.74) is 0.346. The Balaban J connectivity index is 0.00000208. The smallest absolute Gasteiger partial charge is 0.248 e. The third-order valence-corrected chi connectivity index (χ3v) is 4.91. The minimum Gasteiger partial charge on any atom is -0.387 e. The highest BCUT2D eigenvalue weighted by molar-refractivity contribution is 5.85. The van der Waals surface area contributed by atoms with Crippen molar-refractivity contribution in [2.75, 3.05) is 26.2 Å². The SMILES string of the molecule is Cl.N#Cc1cccn1C(=O)CNC1C[C@@H]2CN(C(=O)CO)C[C@@H]2C1. The van der Waals surface area contributed by atoms with Gasteiger partial charge >= 0.3 is 0 Å². The zero-order valence-electron chi connectivity index (χ0n) is 13.2. The van der Waals surface area contributed by atoms with E-state index in [0.29, 0.717) is 30.6 Å². The van der Waals surface area contributed by atoms with E-state index in [4.69, 9.17) is 10.4 Å². The number of nitriles is 1. The lowest BCUT2D eigenvalue weighted by Crippen LogP contribution is -2.37. The van der Waals surface area contributed by atoms with Crippen molar-refractivity contribution < 1.29 is 14.7 Å². The molecule has 3 rings (SSSR count). The predicted molar refractivity (Wildman–Crippen MR) is 88.7 cm³/mol. The van der Waals surface area contributed by atoms with Crippen molar-refractivity contribution in [2.45, 2.75) is 18.9 Å². The van der Waals surface area contributed by atoms with Gasteiger partial charge in [-0.1, -0.05) is 0 Å². The average molecular weight is 353 g/mol. The molecule has 0 bridgehead atoms. The van der Waals surface area contributed by atoms with E-state index in [0.717, 1.165) is 12.8 Å². The molecule has 1 unspecified atom stereocenters. The van der Waals surface area contributed by atoms with E-state index >= 15 is 0 Å². The van der Waals surface area contributed by atoms with E-state index in [-0.39, 0.29) is 36.8 Å². The Labute approximate surface area is 146 Å². The number of hydrogen-bond donors (Lipinski definition) is 2. The summed E-state index contributed by atoms with van der Waals surface area (Å²) >= 11 is 0. The van der Waals surface area contributed by atoms with Crippen LogP contribution in [0.5, 0.6) is 0 Å². The van der Waals surface area contributed by atoms with Crippen LogP contribution in [0.2, 0.25) is 0 Å². The van der Waals surface area contributed by atoms with Crippen LogP contribution in [-0.4, -0.2) is 58.7 Å². The van der Waals surface area contributed by atoms with Crippen molar-refractivity contribution >= 4 is 24.2 Å². The zero-order chi connectivity index (χ0) is 16.4. The molecule has 1 aliphatic carbocycles. The Morgan fingerprint density at radius 3 is 2.54 bits per heavy atom. The van der Waals surface area contributed by atoms with Crippen LogP contribution in [0.25, 0.3) is 0 Å². The Morgan fingerprint density at radius 1 is 1.29 bits per heavy atom. The maximum absolute atomic E-state index is 12.1. The number of aliphatic hydroxyl groups excluding tert-OH is 1. The summed E-state index contributed by atoms with van der Waals surface area (Å²) in [7, 11) is 0. The molecule has 3 atom stereocenters. The summed E-state index contributed by atoms with van der Waals surface area (Å²) in [5, 5.41) is 21.1. The van der Waals surface area contributed by atoms with Crippen LogP contribution in [0, 0.1) is 23.2 Å². The first-order valence-electron chi connectivity index (χ1n) is 7.85. The number of carbonyl (C=O) groups excluding carboxylic acids is 2. The maximum Gasteiger partial charge on any atom is 0.248 e. The maximum atomic E-state index is 12.1. The first-order chi connectivity index (χ1) is 11.1. The molecule has 2 heterocycles. The normalized spacial score (nSPS) is 25.0. The molecule has 1 saturated heterocycles. The van der Waals surface area contributed by atoms with Gasteiger partial charge in [0.15, 0.2) is 0 Å². The first kappa shape index (κ1) is 18.5. The predicted octanol–water partition coefficient (Wildman–Crippen LogP) is 0.241. The van der Waals surface area contributed by atoms with E-state index in [1.807, 2.05) is 6.07 Å². The summed E-state index contributed by atoms with van der Waals surface area (Å²) in [6.07, 6.45) is 3.47. The summed E-state index contributed by atoms with van der Waals surface area (Å²) in [6.45, 7) is 1.18. The highest BCUT2D eigenvalue weighted by atomic mass is 35.5. The number of rotatable bonds is 4. The average Bonchev–Trinajstić information content (AvgIpc) is 3.24. The van der Waals surface area contributed by atoms with Crippen molar-refractivity contribution in [3.05, 3.63) is 24.0 Å². The molecular formula is C16H21ClN4O3. The number of carbonyl (C=O) groups is 2.